The molecule has 2 aromatic heterocycles. The highest BCUT2D eigenvalue weighted by atomic mass is 79.9. The van der Waals surface area contributed by atoms with Gasteiger partial charge in [0, 0.05) is 15.4 Å². The summed E-state index contributed by atoms with van der Waals surface area (Å²) in [6.07, 6.45) is 0. The Morgan fingerprint density at radius 1 is 0.946 bits per heavy atom. The number of carbonyl (C=O) groups excluding carboxylic acids is 1. The Morgan fingerprint density at radius 2 is 1.70 bits per heavy atom. The van der Waals surface area contributed by atoms with Gasteiger partial charge >= 0.3 is 0 Å². The molecule has 0 saturated heterocycles. The molecule has 6 nitrogen and oxygen atoms in total. The lowest BCUT2D eigenvalue weighted by molar-refractivity contribution is 0.103. The van der Waals surface area contributed by atoms with E-state index in [4.69, 9.17) is 20.2 Å². The summed E-state index contributed by atoms with van der Waals surface area (Å²) in [7, 11) is 3.20. The normalized spacial score (nSPS) is 10.9. The van der Waals surface area contributed by atoms with E-state index >= 15 is 0 Å². The van der Waals surface area contributed by atoms with Crippen molar-refractivity contribution in [2.75, 3.05) is 25.3 Å². The van der Waals surface area contributed by atoms with Gasteiger partial charge in [-0.3, -0.25) is 4.79 Å². The zero-order valence-electron chi connectivity index (χ0n) is 20.5. The highest BCUT2D eigenvalue weighted by Crippen LogP contribution is 2.43. The number of pyridine rings is 1. The molecule has 0 spiro atoms. The smallest absolute Gasteiger partial charge is 0.267 e. The third-order valence-corrected chi connectivity index (χ3v) is 7.80. The van der Waals surface area contributed by atoms with Crippen molar-refractivity contribution in [2.24, 2.45) is 0 Å². The molecule has 0 aliphatic carbocycles. The molecule has 5 rings (SSSR count). The average molecular weight is 575 g/mol. The summed E-state index contributed by atoms with van der Waals surface area (Å²) in [5.74, 6) is 0.939. The second kappa shape index (κ2) is 10.2. The van der Waals surface area contributed by atoms with Crippen LogP contribution in [0.3, 0.4) is 0 Å². The van der Waals surface area contributed by atoms with Crippen LogP contribution in [0, 0.1) is 6.92 Å². The van der Waals surface area contributed by atoms with E-state index in [9.17, 15) is 4.79 Å². The number of nitrogens with zero attached hydrogens (tertiary/aromatic N) is 1. The van der Waals surface area contributed by atoms with E-state index in [-0.39, 0.29) is 5.91 Å². The first-order valence-electron chi connectivity index (χ1n) is 11.5. The predicted octanol–water partition coefficient (Wildman–Crippen LogP) is 7.55. The van der Waals surface area contributed by atoms with Crippen molar-refractivity contribution in [2.45, 2.75) is 6.92 Å². The van der Waals surface area contributed by atoms with Crippen LogP contribution in [0.4, 0.5) is 11.4 Å². The number of benzene rings is 3. The minimum absolute atomic E-state index is 0.287. The van der Waals surface area contributed by atoms with Crippen LogP contribution in [0.1, 0.15) is 15.2 Å². The molecule has 1 amide bonds. The fourth-order valence-electron chi connectivity index (χ4n) is 4.18. The summed E-state index contributed by atoms with van der Waals surface area (Å²) < 4.78 is 11.8. The van der Waals surface area contributed by atoms with E-state index in [2.05, 4.69) is 21.2 Å². The number of nitrogens with one attached hydrogen (secondary N) is 1. The number of ether oxygens (including phenoxy) is 2. The molecule has 0 aliphatic rings. The van der Waals surface area contributed by atoms with E-state index < -0.39 is 0 Å². The van der Waals surface area contributed by atoms with Gasteiger partial charge in [-0.25, -0.2) is 4.98 Å². The maximum atomic E-state index is 13.4. The summed E-state index contributed by atoms with van der Waals surface area (Å²) in [6.45, 7) is 1.99. The van der Waals surface area contributed by atoms with Crippen molar-refractivity contribution in [3.05, 3.63) is 87.7 Å². The van der Waals surface area contributed by atoms with Crippen molar-refractivity contribution in [1.29, 1.82) is 0 Å². The first kappa shape index (κ1) is 24.8. The molecule has 5 aromatic rings. The number of amides is 1. The second-order valence-electron chi connectivity index (χ2n) is 8.45. The molecule has 0 bridgehead atoms. The molecule has 0 aliphatic heterocycles. The van der Waals surface area contributed by atoms with E-state index in [1.807, 2.05) is 79.7 Å². The molecule has 186 valence electrons. The number of rotatable bonds is 6. The van der Waals surface area contributed by atoms with Crippen LogP contribution in [-0.2, 0) is 0 Å². The molecule has 0 unspecified atom stereocenters. The quantitative estimate of drug-likeness (QED) is 0.219. The monoisotopic (exact) mass is 573 g/mol. The van der Waals surface area contributed by atoms with Crippen molar-refractivity contribution < 1.29 is 14.3 Å². The minimum atomic E-state index is -0.287. The van der Waals surface area contributed by atoms with Gasteiger partial charge in [0.25, 0.3) is 5.91 Å². The third kappa shape index (κ3) is 4.77. The number of aryl methyl sites for hydroxylation is 1. The molecule has 37 heavy (non-hydrogen) atoms. The topological polar surface area (TPSA) is 86.5 Å². The van der Waals surface area contributed by atoms with Crippen LogP contribution in [0.5, 0.6) is 11.5 Å². The van der Waals surface area contributed by atoms with Crippen molar-refractivity contribution in [3.8, 4) is 33.9 Å². The highest BCUT2D eigenvalue weighted by molar-refractivity contribution is 9.10. The van der Waals surface area contributed by atoms with Gasteiger partial charge in [0.05, 0.1) is 31.3 Å². The number of anilines is 2. The number of carbonyl (C=O) groups is 1. The Hall–Kier alpha value is -3.88. The molecule has 0 fully saturated rings. The first-order chi connectivity index (χ1) is 17.9. The summed E-state index contributed by atoms with van der Waals surface area (Å²) in [4.78, 5) is 19.3. The van der Waals surface area contributed by atoms with Crippen molar-refractivity contribution >= 4 is 54.8 Å². The van der Waals surface area contributed by atoms with Gasteiger partial charge < -0.3 is 20.5 Å². The number of thiophene rings is 1. The molecule has 0 radical (unpaired) electrons. The first-order valence-corrected chi connectivity index (χ1v) is 13.1. The van der Waals surface area contributed by atoms with Crippen molar-refractivity contribution in [3.63, 3.8) is 0 Å². The number of nitrogen functional groups attached to an aromatic ring is 1. The Balaban J connectivity index is 1.68. The molecule has 3 aromatic carbocycles. The molecule has 2 heterocycles. The van der Waals surface area contributed by atoms with Gasteiger partial charge in [0.2, 0.25) is 0 Å². The number of nitrogens with two attached hydrogens (primary N) is 1. The van der Waals surface area contributed by atoms with E-state index in [0.29, 0.717) is 32.6 Å². The van der Waals surface area contributed by atoms with E-state index in [0.717, 1.165) is 37.8 Å². The average Bonchev–Trinajstić information content (AvgIpc) is 3.26. The van der Waals surface area contributed by atoms with Crippen LogP contribution < -0.4 is 20.5 Å². The standard InChI is InChI=1S/C29H24BrN3O3S/c1-16-9-11-21(20(30)13-16)32-28(34)27-26(31)25-19(18-10-12-23(35-2)24(14-18)36-3)15-22(33-29(25)37-27)17-7-5-4-6-8-17/h4-15H,31H2,1-3H3,(H,32,34). The van der Waals surface area contributed by atoms with Gasteiger partial charge in [-0.15, -0.1) is 11.3 Å². The molecule has 8 heteroatoms. The largest absolute Gasteiger partial charge is 0.493 e. The second-order valence-corrected chi connectivity index (χ2v) is 10.3. The molecular formula is C29H24BrN3O3S. The fraction of sp³-hybridized carbons (Fsp3) is 0.103. The number of fused-ring (bicyclic) bond motifs is 1. The Morgan fingerprint density at radius 3 is 2.41 bits per heavy atom. The molecule has 0 saturated carbocycles. The van der Waals surface area contributed by atoms with Gasteiger partial charge in [-0.1, -0.05) is 42.5 Å². The maximum Gasteiger partial charge on any atom is 0.267 e. The number of halogens is 1. The third-order valence-electron chi connectivity index (χ3n) is 6.04. The van der Waals surface area contributed by atoms with Gasteiger partial charge in [-0.05, 0) is 69.9 Å². The van der Waals surface area contributed by atoms with Gasteiger partial charge in [-0.2, -0.15) is 0 Å². The van der Waals surface area contributed by atoms with Crippen molar-refractivity contribution in [1.82, 2.24) is 4.98 Å². The Kier molecular flexibility index (Phi) is 6.86. The van der Waals surface area contributed by atoms with E-state index in [1.165, 1.54) is 11.3 Å². The van der Waals surface area contributed by atoms with Crippen LogP contribution >= 0.6 is 27.3 Å². The zero-order chi connectivity index (χ0) is 26.1. The Labute approximate surface area is 227 Å². The number of hydrogen-bond donors (Lipinski definition) is 2. The number of aromatic nitrogens is 1. The summed E-state index contributed by atoms with van der Waals surface area (Å²) in [5, 5.41) is 3.70. The SMILES string of the molecule is COc1ccc(-c2cc(-c3ccccc3)nc3sc(C(=O)Nc4ccc(C)cc4Br)c(N)c23)cc1OC. The summed E-state index contributed by atoms with van der Waals surface area (Å²) in [5.41, 5.74) is 12.3. The van der Waals surface area contributed by atoms with Crippen LogP contribution in [0.15, 0.2) is 77.3 Å². The minimum Gasteiger partial charge on any atom is -0.493 e. The Bertz CT molecular complexity index is 1630. The molecular weight excluding hydrogens is 550 g/mol. The summed E-state index contributed by atoms with van der Waals surface area (Å²) in [6, 6.07) is 23.4. The summed E-state index contributed by atoms with van der Waals surface area (Å²) >= 11 is 4.80. The molecule has 3 N–H and O–H groups in total. The molecule has 0 atom stereocenters. The lowest BCUT2D eigenvalue weighted by Gasteiger charge is -2.12. The highest BCUT2D eigenvalue weighted by Gasteiger charge is 2.23. The van der Waals surface area contributed by atoms with E-state index in [1.54, 1.807) is 14.2 Å². The fourth-order valence-corrected chi connectivity index (χ4v) is 5.79. The van der Waals surface area contributed by atoms with Gasteiger partial charge in [0.15, 0.2) is 11.5 Å². The zero-order valence-corrected chi connectivity index (χ0v) is 22.9. The van der Waals surface area contributed by atoms with Crippen LogP contribution in [-0.4, -0.2) is 25.1 Å². The van der Waals surface area contributed by atoms with Crippen LogP contribution in [0.25, 0.3) is 32.6 Å². The lowest BCUT2D eigenvalue weighted by Crippen LogP contribution is -2.12. The maximum absolute atomic E-state index is 13.4. The number of hydrogen-bond acceptors (Lipinski definition) is 6. The van der Waals surface area contributed by atoms with Gasteiger partial charge in [0.1, 0.15) is 9.71 Å². The predicted molar refractivity (Wildman–Crippen MR) is 155 cm³/mol. The van der Waals surface area contributed by atoms with Crippen LogP contribution in [0.2, 0.25) is 0 Å². The lowest BCUT2D eigenvalue weighted by atomic mass is 9.99. The number of methoxy groups -OCH3 is 2.